The molecule has 0 N–H and O–H groups in total. The fourth-order valence-electron chi connectivity index (χ4n) is 2.81. The number of fused-ring (bicyclic) bond motifs is 1. The standard InChI is InChI=1S/C20H14ClF2N3S/c21-15-5-3-7-17(23)14(15)11-26-19-10-24-9-8-18(19)25-20(26)27-12-13-4-1-2-6-16(13)22/h1-10H,11-12H2. The number of hydrogen-bond donors (Lipinski definition) is 0. The van der Waals surface area contributed by atoms with Gasteiger partial charge in [0.05, 0.1) is 23.8 Å². The number of nitrogens with zero attached hydrogens (tertiary/aromatic N) is 3. The lowest BCUT2D eigenvalue weighted by Gasteiger charge is -2.11. The summed E-state index contributed by atoms with van der Waals surface area (Å²) in [6.45, 7) is 0.216. The van der Waals surface area contributed by atoms with Crippen LogP contribution in [0.1, 0.15) is 11.1 Å². The van der Waals surface area contributed by atoms with Gasteiger partial charge in [-0.05, 0) is 29.8 Å². The van der Waals surface area contributed by atoms with Crippen LogP contribution in [0.3, 0.4) is 0 Å². The molecular formula is C20H14ClF2N3S. The Morgan fingerprint density at radius 3 is 2.63 bits per heavy atom. The highest BCUT2D eigenvalue weighted by molar-refractivity contribution is 7.98. The van der Waals surface area contributed by atoms with Gasteiger partial charge in [-0.2, -0.15) is 0 Å². The lowest BCUT2D eigenvalue weighted by Crippen LogP contribution is -2.05. The van der Waals surface area contributed by atoms with E-state index in [-0.39, 0.29) is 18.2 Å². The summed E-state index contributed by atoms with van der Waals surface area (Å²) in [5.41, 5.74) is 2.49. The molecule has 0 fully saturated rings. The predicted molar refractivity (Wildman–Crippen MR) is 104 cm³/mol. The molecule has 2 aromatic heterocycles. The van der Waals surface area contributed by atoms with E-state index in [1.54, 1.807) is 48.8 Å². The van der Waals surface area contributed by atoms with Gasteiger partial charge in [-0.15, -0.1) is 0 Å². The van der Waals surface area contributed by atoms with Gasteiger partial charge in [-0.1, -0.05) is 47.6 Å². The second-order valence-corrected chi connectivity index (χ2v) is 7.27. The fraction of sp³-hybridized carbons (Fsp3) is 0.100. The largest absolute Gasteiger partial charge is 0.313 e. The molecule has 0 atom stereocenters. The molecule has 0 aliphatic carbocycles. The molecule has 4 aromatic rings. The van der Waals surface area contributed by atoms with Crippen LogP contribution in [0.15, 0.2) is 66.1 Å². The van der Waals surface area contributed by atoms with Gasteiger partial charge in [-0.25, -0.2) is 13.8 Å². The molecule has 0 aliphatic rings. The Hall–Kier alpha value is -2.44. The lowest BCUT2D eigenvalue weighted by molar-refractivity contribution is 0.594. The van der Waals surface area contributed by atoms with E-state index in [0.717, 1.165) is 11.0 Å². The third-order valence-electron chi connectivity index (χ3n) is 4.21. The maximum absolute atomic E-state index is 14.3. The summed E-state index contributed by atoms with van der Waals surface area (Å²) in [4.78, 5) is 8.76. The Kier molecular flexibility index (Phi) is 5.09. The van der Waals surface area contributed by atoms with Crippen LogP contribution in [0.4, 0.5) is 8.78 Å². The highest BCUT2D eigenvalue weighted by atomic mass is 35.5. The zero-order valence-corrected chi connectivity index (χ0v) is 15.6. The van der Waals surface area contributed by atoms with Crippen LogP contribution in [-0.4, -0.2) is 14.5 Å². The first-order valence-corrected chi connectivity index (χ1v) is 9.59. The summed E-state index contributed by atoms with van der Waals surface area (Å²) >= 11 is 7.59. The molecule has 136 valence electrons. The van der Waals surface area contributed by atoms with E-state index in [9.17, 15) is 8.78 Å². The van der Waals surface area contributed by atoms with Gasteiger partial charge in [0.25, 0.3) is 0 Å². The second-order valence-electron chi connectivity index (χ2n) is 5.93. The van der Waals surface area contributed by atoms with Crippen molar-refractivity contribution in [1.29, 1.82) is 0 Å². The summed E-state index contributed by atoms with van der Waals surface area (Å²) in [6, 6.07) is 13.0. The third-order valence-corrected chi connectivity index (χ3v) is 5.59. The Bertz CT molecular complexity index is 1090. The first-order chi connectivity index (χ1) is 13.1. The average molecular weight is 402 g/mol. The number of aromatic nitrogens is 3. The normalized spacial score (nSPS) is 11.2. The molecule has 27 heavy (non-hydrogen) atoms. The van der Waals surface area contributed by atoms with Gasteiger partial charge in [0, 0.05) is 22.5 Å². The van der Waals surface area contributed by atoms with Crippen molar-refractivity contribution >= 4 is 34.4 Å². The molecule has 0 saturated carbocycles. The molecule has 0 radical (unpaired) electrons. The number of pyridine rings is 1. The molecule has 0 aliphatic heterocycles. The third kappa shape index (κ3) is 3.68. The van der Waals surface area contributed by atoms with Gasteiger partial charge in [-0.3, -0.25) is 4.98 Å². The summed E-state index contributed by atoms with van der Waals surface area (Å²) < 4.78 is 30.1. The van der Waals surface area contributed by atoms with Crippen molar-refractivity contribution in [2.24, 2.45) is 0 Å². The SMILES string of the molecule is Fc1ccccc1CSc1nc2ccncc2n1Cc1c(F)cccc1Cl. The van der Waals surface area contributed by atoms with Crippen molar-refractivity contribution in [1.82, 2.24) is 14.5 Å². The maximum atomic E-state index is 14.3. The summed E-state index contributed by atoms with van der Waals surface area (Å²) in [5.74, 6) is -0.223. The number of rotatable bonds is 5. The molecule has 7 heteroatoms. The molecule has 0 amide bonds. The Balaban J connectivity index is 1.72. The molecule has 0 spiro atoms. The number of imidazole rings is 1. The number of thioether (sulfide) groups is 1. The van der Waals surface area contributed by atoms with Crippen molar-refractivity contribution in [3.63, 3.8) is 0 Å². The molecular weight excluding hydrogens is 388 g/mol. The monoisotopic (exact) mass is 401 g/mol. The lowest BCUT2D eigenvalue weighted by atomic mass is 10.2. The molecule has 0 unspecified atom stereocenters. The first-order valence-electron chi connectivity index (χ1n) is 8.23. The summed E-state index contributed by atoms with van der Waals surface area (Å²) in [6.07, 6.45) is 3.34. The summed E-state index contributed by atoms with van der Waals surface area (Å²) in [7, 11) is 0. The number of benzene rings is 2. The van der Waals surface area contributed by atoms with Crippen molar-refractivity contribution < 1.29 is 8.78 Å². The predicted octanol–water partition coefficient (Wildman–Crippen LogP) is 5.70. The van der Waals surface area contributed by atoms with Crippen LogP contribution in [0.5, 0.6) is 0 Å². The Labute approximate surface area is 164 Å². The highest BCUT2D eigenvalue weighted by Gasteiger charge is 2.16. The van der Waals surface area contributed by atoms with E-state index in [4.69, 9.17) is 11.6 Å². The molecule has 4 rings (SSSR count). The average Bonchev–Trinajstić information content (AvgIpc) is 3.02. The first kappa shape index (κ1) is 17.9. The topological polar surface area (TPSA) is 30.7 Å². The number of hydrogen-bond acceptors (Lipinski definition) is 3. The van der Waals surface area contributed by atoms with E-state index < -0.39 is 0 Å². The Morgan fingerprint density at radius 2 is 1.81 bits per heavy atom. The smallest absolute Gasteiger partial charge is 0.169 e. The zero-order chi connectivity index (χ0) is 18.8. The molecule has 2 aromatic carbocycles. The zero-order valence-electron chi connectivity index (χ0n) is 14.1. The minimum atomic E-state index is -0.377. The van der Waals surface area contributed by atoms with Crippen LogP contribution in [0.25, 0.3) is 11.0 Å². The van der Waals surface area contributed by atoms with Crippen LogP contribution in [0.2, 0.25) is 5.02 Å². The van der Waals surface area contributed by atoms with Crippen molar-refractivity contribution in [3.8, 4) is 0 Å². The van der Waals surface area contributed by atoms with Gasteiger partial charge in [0.2, 0.25) is 0 Å². The van der Waals surface area contributed by atoms with Crippen molar-refractivity contribution in [2.45, 2.75) is 17.5 Å². The van der Waals surface area contributed by atoms with Crippen LogP contribution < -0.4 is 0 Å². The fourth-order valence-corrected chi connectivity index (χ4v) is 4.03. The van der Waals surface area contributed by atoms with Gasteiger partial charge in [0.1, 0.15) is 11.6 Å². The number of halogens is 3. The van der Waals surface area contributed by atoms with Gasteiger partial charge in [0.15, 0.2) is 5.16 Å². The van der Waals surface area contributed by atoms with Crippen LogP contribution >= 0.6 is 23.4 Å². The molecule has 2 heterocycles. The summed E-state index contributed by atoms with van der Waals surface area (Å²) in [5, 5.41) is 1.01. The molecule has 0 saturated heterocycles. The second kappa shape index (κ2) is 7.66. The van der Waals surface area contributed by atoms with Crippen LogP contribution in [0, 0.1) is 11.6 Å². The molecule has 3 nitrogen and oxygen atoms in total. The van der Waals surface area contributed by atoms with Crippen molar-refractivity contribution in [2.75, 3.05) is 0 Å². The van der Waals surface area contributed by atoms with Crippen LogP contribution in [-0.2, 0) is 12.3 Å². The Morgan fingerprint density at radius 1 is 1.00 bits per heavy atom. The van der Waals surface area contributed by atoms with E-state index >= 15 is 0 Å². The minimum Gasteiger partial charge on any atom is -0.313 e. The van der Waals surface area contributed by atoms with E-state index in [1.165, 1.54) is 23.9 Å². The quantitative estimate of drug-likeness (QED) is 0.402. The minimum absolute atomic E-state index is 0.216. The van der Waals surface area contributed by atoms with E-state index in [2.05, 4.69) is 9.97 Å². The molecule has 0 bridgehead atoms. The van der Waals surface area contributed by atoms with Gasteiger partial charge >= 0.3 is 0 Å². The van der Waals surface area contributed by atoms with E-state index in [0.29, 0.717) is 27.1 Å². The van der Waals surface area contributed by atoms with Crippen molar-refractivity contribution in [3.05, 3.63) is 88.7 Å². The highest BCUT2D eigenvalue weighted by Crippen LogP contribution is 2.30. The maximum Gasteiger partial charge on any atom is 0.169 e. The van der Waals surface area contributed by atoms with Gasteiger partial charge < -0.3 is 4.57 Å². The van der Waals surface area contributed by atoms with E-state index in [1.807, 2.05) is 4.57 Å².